The number of aromatic nitrogens is 1. The van der Waals surface area contributed by atoms with Crippen molar-refractivity contribution in [2.45, 2.75) is 25.0 Å². The van der Waals surface area contributed by atoms with Crippen LogP contribution in [0.3, 0.4) is 0 Å². The molecule has 2 heterocycles. The molecule has 0 saturated carbocycles. The minimum Gasteiger partial charge on any atom is -0.391 e. The number of hydrogen-bond donors (Lipinski definition) is 2. The molecule has 2 unspecified atom stereocenters. The van der Waals surface area contributed by atoms with E-state index in [0.29, 0.717) is 0 Å². The fourth-order valence-corrected chi connectivity index (χ4v) is 2.28. The molecule has 0 spiro atoms. The molecule has 4 heteroatoms. The SMILES string of the molecule is CC1(c2cscn2)NCCC1O. The van der Waals surface area contributed by atoms with Crippen molar-refractivity contribution in [2.24, 2.45) is 0 Å². The monoisotopic (exact) mass is 184 g/mol. The third-order valence-corrected chi connectivity index (χ3v) is 3.13. The minimum absolute atomic E-state index is 0.306. The van der Waals surface area contributed by atoms with Crippen LogP contribution >= 0.6 is 11.3 Å². The third kappa shape index (κ3) is 1.07. The van der Waals surface area contributed by atoms with Gasteiger partial charge in [-0.2, -0.15) is 0 Å². The smallest absolute Gasteiger partial charge is 0.0851 e. The van der Waals surface area contributed by atoms with Gasteiger partial charge in [0.25, 0.3) is 0 Å². The fourth-order valence-electron chi connectivity index (χ4n) is 1.61. The predicted octanol–water partition coefficient (Wildman–Crippen LogP) is 0.712. The number of aliphatic hydroxyl groups excluding tert-OH is 1. The molecule has 12 heavy (non-hydrogen) atoms. The van der Waals surface area contributed by atoms with E-state index >= 15 is 0 Å². The second-order valence-electron chi connectivity index (χ2n) is 3.31. The molecule has 1 aromatic rings. The Bertz CT molecular complexity index is 262. The molecule has 66 valence electrons. The lowest BCUT2D eigenvalue weighted by Gasteiger charge is -2.26. The van der Waals surface area contributed by atoms with Gasteiger partial charge >= 0.3 is 0 Å². The largest absolute Gasteiger partial charge is 0.391 e. The van der Waals surface area contributed by atoms with Gasteiger partial charge in [0.1, 0.15) is 0 Å². The summed E-state index contributed by atoms with van der Waals surface area (Å²) in [6.07, 6.45) is 0.508. The summed E-state index contributed by atoms with van der Waals surface area (Å²) in [6.45, 7) is 2.87. The van der Waals surface area contributed by atoms with Crippen LogP contribution in [0.4, 0.5) is 0 Å². The highest BCUT2D eigenvalue weighted by Gasteiger charge is 2.40. The molecule has 0 aromatic carbocycles. The zero-order chi connectivity index (χ0) is 8.60. The Morgan fingerprint density at radius 3 is 3.17 bits per heavy atom. The van der Waals surface area contributed by atoms with Crippen LogP contribution in [0.5, 0.6) is 0 Å². The molecule has 0 bridgehead atoms. The highest BCUT2D eigenvalue weighted by molar-refractivity contribution is 7.07. The van der Waals surface area contributed by atoms with Gasteiger partial charge in [-0.05, 0) is 19.9 Å². The van der Waals surface area contributed by atoms with Gasteiger partial charge in [-0.25, -0.2) is 4.98 Å². The number of rotatable bonds is 1. The topological polar surface area (TPSA) is 45.2 Å². The number of thiazole rings is 1. The maximum absolute atomic E-state index is 9.72. The van der Waals surface area contributed by atoms with Crippen molar-refractivity contribution in [3.05, 3.63) is 16.6 Å². The fraction of sp³-hybridized carbons (Fsp3) is 0.625. The molecule has 0 amide bonds. The Labute approximate surface area is 75.5 Å². The first-order valence-corrected chi connectivity index (χ1v) is 4.99. The summed E-state index contributed by atoms with van der Waals surface area (Å²) in [4.78, 5) is 4.22. The summed E-state index contributed by atoms with van der Waals surface area (Å²) >= 11 is 1.56. The zero-order valence-electron chi connectivity index (χ0n) is 6.95. The van der Waals surface area contributed by atoms with Crippen molar-refractivity contribution in [2.75, 3.05) is 6.54 Å². The van der Waals surface area contributed by atoms with Crippen LogP contribution in [0.15, 0.2) is 10.9 Å². The van der Waals surface area contributed by atoms with Crippen molar-refractivity contribution < 1.29 is 5.11 Å². The number of hydrogen-bond acceptors (Lipinski definition) is 4. The second-order valence-corrected chi connectivity index (χ2v) is 4.03. The van der Waals surface area contributed by atoms with Crippen LogP contribution in [0.25, 0.3) is 0 Å². The molecule has 2 N–H and O–H groups in total. The average molecular weight is 184 g/mol. The summed E-state index contributed by atoms with van der Waals surface area (Å²) in [5, 5.41) is 15.0. The van der Waals surface area contributed by atoms with Gasteiger partial charge < -0.3 is 10.4 Å². The normalized spacial score (nSPS) is 35.7. The Morgan fingerprint density at radius 1 is 1.83 bits per heavy atom. The average Bonchev–Trinajstić information content (AvgIpc) is 2.62. The molecule has 0 radical (unpaired) electrons. The van der Waals surface area contributed by atoms with E-state index in [9.17, 15) is 5.11 Å². The van der Waals surface area contributed by atoms with Gasteiger partial charge in [0.15, 0.2) is 0 Å². The van der Waals surface area contributed by atoms with Crippen LogP contribution in [0.2, 0.25) is 0 Å². The van der Waals surface area contributed by atoms with Crippen LogP contribution < -0.4 is 5.32 Å². The van der Waals surface area contributed by atoms with Gasteiger partial charge in [0, 0.05) is 5.38 Å². The van der Waals surface area contributed by atoms with Gasteiger partial charge in [0.05, 0.1) is 22.8 Å². The van der Waals surface area contributed by atoms with Crippen molar-refractivity contribution in [1.82, 2.24) is 10.3 Å². The van der Waals surface area contributed by atoms with E-state index in [-0.39, 0.29) is 11.6 Å². The quantitative estimate of drug-likeness (QED) is 0.675. The Hall–Kier alpha value is -0.450. The van der Waals surface area contributed by atoms with E-state index in [0.717, 1.165) is 18.7 Å². The van der Waals surface area contributed by atoms with E-state index in [1.54, 1.807) is 16.8 Å². The zero-order valence-corrected chi connectivity index (χ0v) is 7.77. The van der Waals surface area contributed by atoms with Crippen LogP contribution in [0.1, 0.15) is 19.0 Å². The number of nitrogens with one attached hydrogen (secondary N) is 1. The maximum Gasteiger partial charge on any atom is 0.0851 e. The van der Waals surface area contributed by atoms with E-state index in [1.165, 1.54) is 0 Å². The van der Waals surface area contributed by atoms with Gasteiger partial charge in [-0.3, -0.25) is 0 Å². The molecule has 1 fully saturated rings. The molecular weight excluding hydrogens is 172 g/mol. The summed E-state index contributed by atoms with van der Waals surface area (Å²) in [5.41, 5.74) is 2.44. The van der Waals surface area contributed by atoms with Gasteiger partial charge in [0.2, 0.25) is 0 Å². The van der Waals surface area contributed by atoms with E-state index in [1.807, 2.05) is 12.3 Å². The summed E-state index contributed by atoms with van der Waals surface area (Å²) < 4.78 is 0. The van der Waals surface area contributed by atoms with E-state index in [2.05, 4.69) is 10.3 Å². The molecule has 1 aliphatic rings. The van der Waals surface area contributed by atoms with Gasteiger partial charge in [-0.1, -0.05) is 0 Å². The lowest BCUT2D eigenvalue weighted by molar-refractivity contribution is 0.105. The Kier molecular flexibility index (Phi) is 1.90. The summed E-state index contributed by atoms with van der Waals surface area (Å²) in [5.74, 6) is 0. The van der Waals surface area contributed by atoms with Crippen molar-refractivity contribution >= 4 is 11.3 Å². The van der Waals surface area contributed by atoms with E-state index < -0.39 is 0 Å². The first kappa shape index (κ1) is 8.16. The first-order valence-electron chi connectivity index (χ1n) is 4.05. The summed E-state index contributed by atoms with van der Waals surface area (Å²) in [6, 6.07) is 0. The molecule has 3 nitrogen and oxygen atoms in total. The Balaban J connectivity index is 2.32. The second kappa shape index (κ2) is 2.80. The van der Waals surface area contributed by atoms with Gasteiger partial charge in [-0.15, -0.1) is 11.3 Å². The van der Waals surface area contributed by atoms with Crippen molar-refractivity contribution in [3.63, 3.8) is 0 Å². The Morgan fingerprint density at radius 2 is 2.67 bits per heavy atom. The molecule has 1 saturated heterocycles. The highest BCUT2D eigenvalue weighted by Crippen LogP contribution is 2.30. The third-order valence-electron chi connectivity index (χ3n) is 2.54. The van der Waals surface area contributed by atoms with Crippen molar-refractivity contribution in [3.8, 4) is 0 Å². The maximum atomic E-state index is 9.72. The van der Waals surface area contributed by atoms with Crippen molar-refractivity contribution in [1.29, 1.82) is 0 Å². The van der Waals surface area contributed by atoms with Crippen LogP contribution in [-0.2, 0) is 5.54 Å². The number of nitrogens with zero attached hydrogens (tertiary/aromatic N) is 1. The lowest BCUT2D eigenvalue weighted by atomic mass is 9.94. The van der Waals surface area contributed by atoms with Crippen LogP contribution in [0, 0.1) is 0 Å². The number of aliphatic hydroxyl groups is 1. The molecule has 0 aliphatic carbocycles. The molecular formula is C8H12N2OS. The molecule has 1 aromatic heterocycles. The predicted molar refractivity (Wildman–Crippen MR) is 48.1 cm³/mol. The van der Waals surface area contributed by atoms with Crippen LogP contribution in [-0.4, -0.2) is 22.7 Å². The molecule has 2 rings (SSSR count). The molecule has 1 aliphatic heterocycles. The summed E-state index contributed by atoms with van der Waals surface area (Å²) in [7, 11) is 0. The lowest BCUT2D eigenvalue weighted by Crippen LogP contribution is -2.41. The minimum atomic E-state index is -0.319. The van der Waals surface area contributed by atoms with E-state index in [4.69, 9.17) is 0 Å². The standard InChI is InChI=1S/C8H12N2OS/c1-8(6-4-12-5-9-6)7(11)2-3-10-8/h4-5,7,10-11H,2-3H2,1H3. The molecule has 2 atom stereocenters. The first-order chi connectivity index (χ1) is 5.73. The highest BCUT2D eigenvalue weighted by atomic mass is 32.1.